The average Bonchev–Trinajstić information content (AvgIpc) is 3.11. The molecule has 0 aliphatic carbocycles. The van der Waals surface area contributed by atoms with Crippen molar-refractivity contribution in [3.05, 3.63) is 46.8 Å². The van der Waals surface area contributed by atoms with Crippen LogP contribution in [0.25, 0.3) is 21.8 Å². The first-order valence-corrected chi connectivity index (χ1v) is 8.80. The fraction of sp³-hybridized carbons (Fsp3) is 0.188. The van der Waals surface area contributed by atoms with Gasteiger partial charge in [0, 0.05) is 10.6 Å². The maximum absolute atomic E-state index is 6.03. The van der Waals surface area contributed by atoms with Gasteiger partial charge >= 0.3 is 0 Å². The number of fused-ring (bicyclic) bond motifs is 1. The van der Waals surface area contributed by atoms with Gasteiger partial charge in [-0.25, -0.2) is 0 Å². The average molecular weight is 314 g/mol. The summed E-state index contributed by atoms with van der Waals surface area (Å²) >= 11 is 3.80. The number of benzene rings is 1. The third-order valence-electron chi connectivity index (χ3n) is 3.63. The lowest BCUT2D eigenvalue weighted by molar-refractivity contribution is 0.437. The third-order valence-corrected chi connectivity index (χ3v) is 5.88. The zero-order valence-electron chi connectivity index (χ0n) is 11.3. The summed E-state index contributed by atoms with van der Waals surface area (Å²) in [6.07, 6.45) is 1.15. The van der Waals surface area contributed by atoms with Crippen LogP contribution in [-0.4, -0.2) is 10.9 Å². The Kier molecular flexibility index (Phi) is 3.24. The Morgan fingerprint density at radius 3 is 2.86 bits per heavy atom. The van der Waals surface area contributed by atoms with E-state index in [0.29, 0.717) is 5.82 Å². The van der Waals surface area contributed by atoms with Gasteiger partial charge in [-0.15, -0.1) is 11.3 Å². The van der Waals surface area contributed by atoms with Crippen LogP contribution in [0.3, 0.4) is 0 Å². The van der Waals surface area contributed by atoms with Crippen LogP contribution in [-0.2, 0) is 12.2 Å². The Morgan fingerprint density at radius 2 is 2.05 bits per heavy atom. The Balaban J connectivity index is 1.85. The van der Waals surface area contributed by atoms with Gasteiger partial charge < -0.3 is 10.3 Å². The Bertz CT molecular complexity index is 753. The van der Waals surface area contributed by atoms with Crippen LogP contribution >= 0.6 is 23.1 Å². The summed E-state index contributed by atoms with van der Waals surface area (Å²) in [7, 11) is 0. The van der Waals surface area contributed by atoms with E-state index in [1.165, 1.54) is 16.2 Å². The minimum absolute atomic E-state index is 0.456. The summed E-state index contributed by atoms with van der Waals surface area (Å²) in [5.41, 5.74) is 9.41. The molecule has 0 saturated heterocycles. The summed E-state index contributed by atoms with van der Waals surface area (Å²) in [6.45, 7) is 0. The van der Waals surface area contributed by atoms with Crippen LogP contribution in [0.1, 0.15) is 10.4 Å². The molecule has 0 unspecified atom stereocenters. The first kappa shape index (κ1) is 13.0. The van der Waals surface area contributed by atoms with Gasteiger partial charge in [-0.1, -0.05) is 35.5 Å². The maximum Gasteiger partial charge on any atom is 0.186 e. The van der Waals surface area contributed by atoms with Crippen LogP contribution in [0.15, 0.2) is 40.9 Å². The Labute approximate surface area is 131 Å². The van der Waals surface area contributed by atoms with Crippen molar-refractivity contribution in [3.8, 4) is 21.8 Å². The molecule has 4 rings (SSSR count). The van der Waals surface area contributed by atoms with E-state index < -0.39 is 0 Å². The van der Waals surface area contributed by atoms with E-state index >= 15 is 0 Å². The second-order valence-corrected chi connectivity index (χ2v) is 7.24. The van der Waals surface area contributed by atoms with Crippen molar-refractivity contribution in [3.63, 3.8) is 0 Å². The number of hydrogen-bond acceptors (Lipinski definition) is 5. The molecule has 0 spiro atoms. The molecule has 21 heavy (non-hydrogen) atoms. The summed E-state index contributed by atoms with van der Waals surface area (Å²) in [4.78, 5) is 2.60. The molecule has 3 heterocycles. The third kappa shape index (κ3) is 2.26. The van der Waals surface area contributed by atoms with Gasteiger partial charge in [0.1, 0.15) is 0 Å². The van der Waals surface area contributed by atoms with E-state index in [-0.39, 0.29) is 0 Å². The van der Waals surface area contributed by atoms with Gasteiger partial charge in [-0.05, 0) is 29.4 Å². The number of thiophene rings is 1. The highest BCUT2D eigenvalue weighted by Gasteiger charge is 2.22. The summed E-state index contributed by atoms with van der Waals surface area (Å²) in [5, 5.41) is 3.98. The topological polar surface area (TPSA) is 52.0 Å². The molecule has 2 N–H and O–H groups in total. The molecule has 106 valence electrons. The van der Waals surface area contributed by atoms with E-state index in [1.807, 2.05) is 53.4 Å². The zero-order valence-corrected chi connectivity index (χ0v) is 13.0. The number of aromatic nitrogens is 1. The number of rotatable bonds is 2. The first-order chi connectivity index (χ1) is 10.3. The lowest BCUT2D eigenvalue weighted by Crippen LogP contribution is -1.96. The summed E-state index contributed by atoms with van der Waals surface area (Å²) < 4.78 is 5.54. The number of thioether (sulfide) groups is 1. The quantitative estimate of drug-likeness (QED) is 0.759. The lowest BCUT2D eigenvalue weighted by Gasteiger charge is -2.08. The normalized spacial score (nSPS) is 14.1. The smallest absolute Gasteiger partial charge is 0.186 e. The summed E-state index contributed by atoms with van der Waals surface area (Å²) in [6, 6.07) is 12.3. The number of nitrogen functional groups attached to an aromatic ring is 1. The molecule has 0 bridgehead atoms. The second-order valence-electron chi connectivity index (χ2n) is 5.00. The lowest BCUT2D eigenvalue weighted by atomic mass is 10.0. The van der Waals surface area contributed by atoms with Gasteiger partial charge in [-0.2, -0.15) is 11.8 Å². The van der Waals surface area contributed by atoms with E-state index in [4.69, 9.17) is 10.3 Å². The molecule has 0 radical (unpaired) electrons. The summed E-state index contributed by atoms with van der Waals surface area (Å²) in [5.74, 6) is 3.55. The number of anilines is 1. The van der Waals surface area contributed by atoms with Crippen molar-refractivity contribution in [2.45, 2.75) is 12.2 Å². The van der Waals surface area contributed by atoms with E-state index in [1.54, 1.807) is 0 Å². The molecule has 0 fully saturated rings. The number of hydrogen-bond donors (Lipinski definition) is 1. The highest BCUT2D eigenvalue weighted by atomic mass is 32.2. The molecule has 0 saturated carbocycles. The molecule has 1 aromatic carbocycles. The van der Waals surface area contributed by atoms with Crippen molar-refractivity contribution < 1.29 is 4.52 Å². The Hall–Kier alpha value is -1.72. The molecule has 1 aliphatic rings. The largest absolute Gasteiger partial charge is 0.380 e. The van der Waals surface area contributed by atoms with Crippen LogP contribution in [0.2, 0.25) is 0 Å². The van der Waals surface area contributed by atoms with Crippen LogP contribution in [0, 0.1) is 0 Å². The van der Waals surface area contributed by atoms with Crippen molar-refractivity contribution >= 4 is 28.9 Å². The SMILES string of the molecule is Nc1noc(-c2cc3c(s2)CCSC3)c1-c1ccccc1. The van der Waals surface area contributed by atoms with E-state index in [9.17, 15) is 0 Å². The molecule has 3 aromatic rings. The maximum atomic E-state index is 6.03. The number of aryl methyl sites for hydroxylation is 1. The highest BCUT2D eigenvalue weighted by Crippen LogP contribution is 2.42. The predicted octanol–water partition coefficient (Wildman–Crippen LogP) is 4.44. The van der Waals surface area contributed by atoms with Gasteiger partial charge in [0.2, 0.25) is 0 Å². The van der Waals surface area contributed by atoms with Crippen LogP contribution in [0.4, 0.5) is 5.82 Å². The molecular weight excluding hydrogens is 300 g/mol. The fourth-order valence-electron chi connectivity index (χ4n) is 2.61. The molecule has 2 aromatic heterocycles. The predicted molar refractivity (Wildman–Crippen MR) is 89.5 cm³/mol. The van der Waals surface area contributed by atoms with E-state index in [2.05, 4.69) is 11.2 Å². The Morgan fingerprint density at radius 1 is 1.19 bits per heavy atom. The second kappa shape index (κ2) is 5.24. The molecule has 0 amide bonds. The van der Waals surface area contributed by atoms with Crippen molar-refractivity contribution in [1.82, 2.24) is 5.16 Å². The van der Waals surface area contributed by atoms with Gasteiger partial charge in [0.05, 0.1) is 10.4 Å². The molecule has 0 atom stereocenters. The minimum Gasteiger partial charge on any atom is -0.380 e. The zero-order chi connectivity index (χ0) is 14.2. The standard InChI is InChI=1S/C16H14N2OS2/c17-16-14(10-4-2-1-3-5-10)15(19-18-16)13-8-11-9-20-7-6-12(11)21-13/h1-5,8H,6-7,9H2,(H2,17,18). The monoisotopic (exact) mass is 314 g/mol. The molecule has 1 aliphatic heterocycles. The van der Waals surface area contributed by atoms with Crippen LogP contribution in [0.5, 0.6) is 0 Å². The molecular formula is C16H14N2OS2. The number of nitrogens with two attached hydrogens (primary N) is 1. The van der Waals surface area contributed by atoms with Crippen LogP contribution < -0.4 is 5.73 Å². The van der Waals surface area contributed by atoms with E-state index in [0.717, 1.165) is 33.9 Å². The highest BCUT2D eigenvalue weighted by molar-refractivity contribution is 7.98. The molecule has 5 heteroatoms. The fourth-order valence-corrected chi connectivity index (χ4v) is 4.97. The van der Waals surface area contributed by atoms with Crippen molar-refractivity contribution in [1.29, 1.82) is 0 Å². The van der Waals surface area contributed by atoms with Crippen molar-refractivity contribution in [2.24, 2.45) is 0 Å². The first-order valence-electron chi connectivity index (χ1n) is 6.83. The van der Waals surface area contributed by atoms with Gasteiger partial charge in [0.15, 0.2) is 11.6 Å². The van der Waals surface area contributed by atoms with Crippen molar-refractivity contribution in [2.75, 3.05) is 11.5 Å². The van der Waals surface area contributed by atoms with Gasteiger partial charge in [0.25, 0.3) is 0 Å². The number of nitrogens with zero attached hydrogens (tertiary/aromatic N) is 1. The minimum atomic E-state index is 0.456. The van der Waals surface area contributed by atoms with Gasteiger partial charge in [-0.3, -0.25) is 0 Å². The molecule has 3 nitrogen and oxygen atoms in total.